The highest BCUT2D eigenvalue weighted by Gasteiger charge is 2.15. The summed E-state index contributed by atoms with van der Waals surface area (Å²) in [7, 11) is 1.65. The van der Waals surface area contributed by atoms with Gasteiger partial charge >= 0.3 is 0 Å². The molecule has 0 spiro atoms. The van der Waals surface area contributed by atoms with Crippen molar-refractivity contribution in [1.29, 1.82) is 0 Å². The van der Waals surface area contributed by atoms with Crippen LogP contribution in [0.3, 0.4) is 0 Å². The van der Waals surface area contributed by atoms with Gasteiger partial charge in [0.05, 0.1) is 12.6 Å². The Labute approximate surface area is 170 Å². The van der Waals surface area contributed by atoms with Gasteiger partial charge in [-0.15, -0.1) is 0 Å². The third-order valence-corrected chi connectivity index (χ3v) is 4.96. The molecule has 0 fully saturated rings. The molecule has 0 aliphatic carbocycles. The maximum absolute atomic E-state index is 6.20. The first-order valence-electron chi connectivity index (χ1n) is 8.34. The average Bonchev–Trinajstić information content (AvgIpc) is 3.05. The summed E-state index contributed by atoms with van der Waals surface area (Å²) in [6, 6.07) is 21.3. The van der Waals surface area contributed by atoms with Crippen LogP contribution in [0.15, 0.2) is 71.2 Å². The molecule has 0 atom stereocenters. The van der Waals surface area contributed by atoms with Crippen LogP contribution >= 0.6 is 27.5 Å². The molecule has 3 aromatic carbocycles. The van der Waals surface area contributed by atoms with Gasteiger partial charge in [0.2, 0.25) is 0 Å². The van der Waals surface area contributed by atoms with E-state index in [0.717, 1.165) is 32.4 Å². The summed E-state index contributed by atoms with van der Waals surface area (Å²) in [5.74, 6) is 1.51. The number of methoxy groups -OCH3 is 1. The molecule has 1 aromatic heterocycles. The van der Waals surface area contributed by atoms with E-state index in [1.54, 1.807) is 11.8 Å². The smallest absolute Gasteiger partial charge is 0.176 e. The summed E-state index contributed by atoms with van der Waals surface area (Å²) in [6.45, 7) is 0.411. The van der Waals surface area contributed by atoms with Crippen molar-refractivity contribution in [3.8, 4) is 17.1 Å². The topological polar surface area (TPSA) is 36.3 Å². The molecule has 4 rings (SSSR count). The number of imidazole rings is 1. The zero-order valence-electron chi connectivity index (χ0n) is 14.5. The summed E-state index contributed by atoms with van der Waals surface area (Å²) in [5.41, 5.74) is 3.63. The zero-order chi connectivity index (χ0) is 18.8. The van der Waals surface area contributed by atoms with Gasteiger partial charge in [0, 0.05) is 15.1 Å². The highest BCUT2D eigenvalue weighted by atomic mass is 79.9. The van der Waals surface area contributed by atoms with Crippen LogP contribution in [-0.2, 0) is 6.61 Å². The largest absolute Gasteiger partial charge is 0.497 e. The lowest BCUT2D eigenvalue weighted by Crippen LogP contribution is -2.12. The van der Waals surface area contributed by atoms with Gasteiger partial charge < -0.3 is 9.57 Å². The summed E-state index contributed by atoms with van der Waals surface area (Å²) >= 11 is 9.65. The molecule has 0 radical (unpaired) electrons. The molecule has 0 N–H and O–H groups in total. The van der Waals surface area contributed by atoms with Gasteiger partial charge in [-0.25, -0.2) is 4.98 Å². The zero-order valence-corrected chi connectivity index (χ0v) is 16.9. The molecule has 0 amide bonds. The van der Waals surface area contributed by atoms with Gasteiger partial charge in [-0.05, 0) is 60.2 Å². The van der Waals surface area contributed by atoms with E-state index in [1.165, 1.54) is 0 Å². The molecular weight excluding hydrogens is 428 g/mol. The van der Waals surface area contributed by atoms with Crippen LogP contribution in [0, 0.1) is 0 Å². The number of rotatable bonds is 5. The maximum atomic E-state index is 6.20. The first-order chi connectivity index (χ1) is 13.1. The Bertz CT molecular complexity index is 1080. The third kappa shape index (κ3) is 3.80. The van der Waals surface area contributed by atoms with Crippen molar-refractivity contribution >= 4 is 38.6 Å². The summed E-state index contributed by atoms with van der Waals surface area (Å²) < 4.78 is 8.02. The molecule has 0 unspecified atom stereocenters. The number of ether oxygens (including phenoxy) is 1. The van der Waals surface area contributed by atoms with Gasteiger partial charge in [0.25, 0.3) is 0 Å². The second-order valence-corrected chi connectivity index (χ2v) is 7.34. The monoisotopic (exact) mass is 442 g/mol. The Balaban J connectivity index is 1.75. The van der Waals surface area contributed by atoms with Crippen molar-refractivity contribution in [2.45, 2.75) is 6.61 Å². The van der Waals surface area contributed by atoms with E-state index in [4.69, 9.17) is 26.2 Å². The highest BCUT2D eigenvalue weighted by Crippen LogP contribution is 2.27. The Hall–Kier alpha value is -2.50. The first-order valence-corrected chi connectivity index (χ1v) is 9.51. The second kappa shape index (κ2) is 7.62. The van der Waals surface area contributed by atoms with E-state index in [9.17, 15) is 0 Å². The SMILES string of the molecule is COc1ccc(-c2nc3ccc(Cl)cc3n2OCc2ccc(Br)cc2)cc1. The van der Waals surface area contributed by atoms with Crippen LogP contribution in [0.25, 0.3) is 22.4 Å². The predicted octanol–water partition coefficient (Wildman–Crippen LogP) is 5.76. The summed E-state index contributed by atoms with van der Waals surface area (Å²) in [5, 5.41) is 0.636. The number of hydrogen-bond donors (Lipinski definition) is 0. The highest BCUT2D eigenvalue weighted by molar-refractivity contribution is 9.10. The van der Waals surface area contributed by atoms with Crippen LogP contribution in [-0.4, -0.2) is 16.8 Å². The molecule has 0 aliphatic heterocycles. The lowest BCUT2D eigenvalue weighted by molar-refractivity contribution is 0.110. The van der Waals surface area contributed by atoms with E-state index in [0.29, 0.717) is 17.5 Å². The van der Waals surface area contributed by atoms with Crippen molar-refractivity contribution in [3.63, 3.8) is 0 Å². The lowest BCUT2D eigenvalue weighted by atomic mass is 10.2. The molecule has 0 aliphatic rings. The molecule has 0 saturated carbocycles. The van der Waals surface area contributed by atoms with Crippen molar-refractivity contribution in [2.75, 3.05) is 7.11 Å². The minimum atomic E-state index is 0.411. The van der Waals surface area contributed by atoms with Crippen LogP contribution in [0.1, 0.15) is 5.56 Å². The van der Waals surface area contributed by atoms with E-state index >= 15 is 0 Å². The van der Waals surface area contributed by atoms with Crippen LogP contribution < -0.4 is 9.57 Å². The molecular formula is C21H16BrClN2O2. The van der Waals surface area contributed by atoms with Crippen molar-refractivity contribution < 1.29 is 9.57 Å². The fourth-order valence-corrected chi connectivity index (χ4v) is 3.23. The van der Waals surface area contributed by atoms with Crippen LogP contribution in [0.2, 0.25) is 5.02 Å². The van der Waals surface area contributed by atoms with Crippen molar-refractivity contribution in [3.05, 3.63) is 81.8 Å². The molecule has 0 bridgehead atoms. The van der Waals surface area contributed by atoms with Gasteiger partial charge in [0.1, 0.15) is 17.9 Å². The number of halogens is 2. The number of aromatic nitrogens is 2. The van der Waals surface area contributed by atoms with E-state index in [2.05, 4.69) is 15.9 Å². The van der Waals surface area contributed by atoms with Gasteiger partial charge in [-0.2, -0.15) is 4.73 Å². The predicted molar refractivity (Wildman–Crippen MR) is 111 cm³/mol. The molecule has 1 heterocycles. The van der Waals surface area contributed by atoms with Crippen molar-refractivity contribution in [1.82, 2.24) is 9.71 Å². The Morgan fingerprint density at radius 3 is 2.44 bits per heavy atom. The molecule has 4 aromatic rings. The fraction of sp³-hybridized carbons (Fsp3) is 0.0952. The third-order valence-electron chi connectivity index (χ3n) is 4.20. The molecule has 136 valence electrons. The summed E-state index contributed by atoms with van der Waals surface area (Å²) in [4.78, 5) is 10.9. The Kier molecular flexibility index (Phi) is 5.05. The number of benzene rings is 3. The Morgan fingerprint density at radius 2 is 1.74 bits per heavy atom. The number of hydrogen-bond acceptors (Lipinski definition) is 3. The van der Waals surface area contributed by atoms with E-state index in [1.807, 2.05) is 66.7 Å². The Morgan fingerprint density at radius 1 is 1.00 bits per heavy atom. The molecule has 0 saturated heterocycles. The quantitative estimate of drug-likeness (QED) is 0.394. The van der Waals surface area contributed by atoms with E-state index < -0.39 is 0 Å². The standard InChI is InChI=1S/C21H16BrClN2O2/c1-26-18-9-4-15(5-10-18)21-24-19-11-8-17(23)12-20(19)25(21)27-13-14-2-6-16(22)7-3-14/h2-12H,13H2,1H3. The number of nitrogens with zero attached hydrogens (tertiary/aromatic N) is 2. The fourth-order valence-electron chi connectivity index (χ4n) is 2.80. The lowest BCUT2D eigenvalue weighted by Gasteiger charge is -2.12. The molecule has 27 heavy (non-hydrogen) atoms. The normalized spacial score (nSPS) is 10.9. The van der Waals surface area contributed by atoms with Crippen LogP contribution in [0.4, 0.5) is 0 Å². The minimum Gasteiger partial charge on any atom is -0.497 e. The molecule has 4 nitrogen and oxygen atoms in total. The van der Waals surface area contributed by atoms with Gasteiger partial charge in [-0.1, -0.05) is 39.7 Å². The van der Waals surface area contributed by atoms with Gasteiger partial charge in [0.15, 0.2) is 5.82 Å². The first kappa shape index (κ1) is 17.9. The number of fused-ring (bicyclic) bond motifs is 1. The van der Waals surface area contributed by atoms with Crippen molar-refractivity contribution in [2.24, 2.45) is 0 Å². The second-order valence-electron chi connectivity index (χ2n) is 5.99. The van der Waals surface area contributed by atoms with Gasteiger partial charge in [-0.3, -0.25) is 0 Å². The van der Waals surface area contributed by atoms with Crippen LogP contribution in [0.5, 0.6) is 5.75 Å². The summed E-state index contributed by atoms with van der Waals surface area (Å²) in [6.07, 6.45) is 0. The maximum Gasteiger partial charge on any atom is 0.176 e. The van der Waals surface area contributed by atoms with E-state index in [-0.39, 0.29) is 0 Å². The molecule has 6 heteroatoms. The average molecular weight is 444 g/mol. The minimum absolute atomic E-state index is 0.411.